The van der Waals surface area contributed by atoms with Gasteiger partial charge in [-0.15, -0.1) is 16.4 Å². The molecule has 8 heteroatoms. The summed E-state index contributed by atoms with van der Waals surface area (Å²) in [6.45, 7) is 2.67. The molecule has 4 aromatic rings. The van der Waals surface area contributed by atoms with E-state index in [9.17, 15) is 4.79 Å². The van der Waals surface area contributed by atoms with Gasteiger partial charge in [-0.1, -0.05) is 13.0 Å². The second kappa shape index (κ2) is 6.38. The van der Waals surface area contributed by atoms with Gasteiger partial charge in [0, 0.05) is 23.8 Å². The number of pyridine rings is 1. The van der Waals surface area contributed by atoms with Crippen LogP contribution in [0.25, 0.3) is 15.9 Å². The fourth-order valence-electron chi connectivity index (χ4n) is 3.61. The molecule has 0 spiro atoms. The lowest BCUT2D eigenvalue weighted by atomic mass is 9.89. The number of fused-ring (bicyclic) bond motifs is 5. The van der Waals surface area contributed by atoms with E-state index in [1.807, 2.05) is 12.1 Å². The molecule has 0 saturated carbocycles. The third kappa shape index (κ3) is 2.86. The summed E-state index contributed by atoms with van der Waals surface area (Å²) in [4.78, 5) is 28.0. The molecule has 0 fully saturated rings. The van der Waals surface area contributed by atoms with Crippen molar-refractivity contribution in [1.29, 1.82) is 0 Å². The smallest absolute Gasteiger partial charge is 0.291 e. The van der Waals surface area contributed by atoms with Gasteiger partial charge in [-0.3, -0.25) is 9.78 Å². The first-order valence-electron chi connectivity index (χ1n) is 9.02. The van der Waals surface area contributed by atoms with Crippen LogP contribution in [0.4, 0.5) is 0 Å². The number of nitrogens with one attached hydrogen (secondary N) is 1. The van der Waals surface area contributed by atoms with E-state index in [-0.39, 0.29) is 11.7 Å². The van der Waals surface area contributed by atoms with Gasteiger partial charge in [0.05, 0.1) is 5.39 Å². The van der Waals surface area contributed by atoms with Gasteiger partial charge in [-0.05, 0) is 42.4 Å². The van der Waals surface area contributed by atoms with Gasteiger partial charge >= 0.3 is 0 Å². The molecular formula is C19H18N6OS. The topological polar surface area (TPSA) is 85.1 Å². The minimum Gasteiger partial charge on any atom is -0.345 e. The Bertz CT molecular complexity index is 1150. The van der Waals surface area contributed by atoms with Gasteiger partial charge < -0.3 is 5.32 Å². The summed E-state index contributed by atoms with van der Waals surface area (Å²) >= 11 is 1.74. The van der Waals surface area contributed by atoms with E-state index in [1.54, 1.807) is 34.6 Å². The molecule has 136 valence electrons. The lowest BCUT2D eigenvalue weighted by Gasteiger charge is -2.17. The van der Waals surface area contributed by atoms with E-state index in [2.05, 4.69) is 32.3 Å². The Labute approximate surface area is 159 Å². The second-order valence-corrected chi connectivity index (χ2v) is 8.11. The number of nitrogens with zero attached hydrogens (tertiary/aromatic N) is 5. The predicted molar refractivity (Wildman–Crippen MR) is 103 cm³/mol. The van der Waals surface area contributed by atoms with Gasteiger partial charge in [-0.25, -0.2) is 14.5 Å². The summed E-state index contributed by atoms with van der Waals surface area (Å²) in [5, 5.41) is 8.25. The molecule has 0 bridgehead atoms. The summed E-state index contributed by atoms with van der Waals surface area (Å²) in [5.74, 6) is 0.519. The number of rotatable bonds is 3. The summed E-state index contributed by atoms with van der Waals surface area (Å²) in [7, 11) is 0. The highest BCUT2D eigenvalue weighted by Gasteiger charge is 2.24. The fraction of sp³-hybridized carbons (Fsp3) is 0.316. The Morgan fingerprint density at radius 3 is 3.22 bits per heavy atom. The van der Waals surface area contributed by atoms with E-state index in [1.165, 1.54) is 16.9 Å². The van der Waals surface area contributed by atoms with Crippen molar-refractivity contribution in [3.8, 4) is 0 Å². The van der Waals surface area contributed by atoms with Crippen LogP contribution in [-0.2, 0) is 19.4 Å². The molecule has 0 aromatic carbocycles. The number of hydrogen-bond donors (Lipinski definition) is 1. The van der Waals surface area contributed by atoms with E-state index in [0.717, 1.165) is 34.3 Å². The largest absolute Gasteiger partial charge is 0.345 e. The number of amides is 1. The van der Waals surface area contributed by atoms with E-state index >= 15 is 0 Å². The van der Waals surface area contributed by atoms with Crippen molar-refractivity contribution < 1.29 is 4.79 Å². The molecule has 1 aliphatic carbocycles. The standard InChI is InChI=1S/C19H18N6OS/c1-11-4-5-14-13(7-11)15-17-23-16(24-25(17)10-22-19(15)27-14)18(26)21-9-12-3-2-6-20-8-12/h2-3,6,8,10-11H,4-5,7,9H2,1H3,(H,21,26). The molecule has 1 aliphatic rings. The molecule has 1 amide bonds. The van der Waals surface area contributed by atoms with Gasteiger partial charge in [0.25, 0.3) is 5.91 Å². The Hall–Kier alpha value is -2.87. The summed E-state index contributed by atoms with van der Waals surface area (Å²) in [6, 6.07) is 3.75. The summed E-state index contributed by atoms with van der Waals surface area (Å²) < 4.78 is 1.62. The molecule has 0 radical (unpaired) electrons. The quantitative estimate of drug-likeness (QED) is 0.592. The molecule has 1 unspecified atom stereocenters. The Balaban J connectivity index is 1.50. The van der Waals surface area contributed by atoms with Gasteiger partial charge in [0.1, 0.15) is 11.2 Å². The molecule has 0 aliphatic heterocycles. The predicted octanol–water partition coefficient (Wildman–Crippen LogP) is 2.79. The number of aryl methyl sites for hydroxylation is 1. The highest BCUT2D eigenvalue weighted by Crippen LogP contribution is 2.38. The van der Waals surface area contributed by atoms with Crippen LogP contribution in [0, 0.1) is 5.92 Å². The first-order valence-corrected chi connectivity index (χ1v) is 9.83. The maximum atomic E-state index is 12.5. The van der Waals surface area contributed by atoms with Crippen LogP contribution in [0.5, 0.6) is 0 Å². The number of aromatic nitrogens is 5. The molecule has 5 rings (SSSR count). The second-order valence-electron chi connectivity index (χ2n) is 7.02. The van der Waals surface area contributed by atoms with E-state index in [4.69, 9.17) is 0 Å². The van der Waals surface area contributed by atoms with Crippen LogP contribution < -0.4 is 5.32 Å². The molecule has 7 nitrogen and oxygen atoms in total. The van der Waals surface area contributed by atoms with Crippen molar-refractivity contribution in [1.82, 2.24) is 29.9 Å². The SMILES string of the molecule is CC1CCc2sc3ncn4nc(C(=O)NCc5cccnc5)nc4c3c2C1. The lowest BCUT2D eigenvalue weighted by Crippen LogP contribution is -2.24. The number of thiophene rings is 1. The lowest BCUT2D eigenvalue weighted by molar-refractivity contribution is 0.0940. The normalized spacial score (nSPS) is 16.6. The third-order valence-electron chi connectivity index (χ3n) is 5.01. The Morgan fingerprint density at radius 2 is 2.37 bits per heavy atom. The maximum Gasteiger partial charge on any atom is 0.291 e. The Morgan fingerprint density at radius 1 is 1.44 bits per heavy atom. The van der Waals surface area contributed by atoms with Crippen LogP contribution in [0.1, 0.15) is 40.0 Å². The first kappa shape index (κ1) is 16.3. The van der Waals surface area contributed by atoms with Gasteiger partial charge in [0.2, 0.25) is 5.82 Å². The third-order valence-corrected chi connectivity index (χ3v) is 6.21. The zero-order valence-corrected chi connectivity index (χ0v) is 15.7. The van der Waals surface area contributed by atoms with Crippen molar-refractivity contribution in [3.63, 3.8) is 0 Å². The van der Waals surface area contributed by atoms with Crippen molar-refractivity contribution >= 4 is 33.1 Å². The minimum atomic E-state index is -0.298. The number of carbonyl (C=O) groups is 1. The summed E-state index contributed by atoms with van der Waals surface area (Å²) in [5.41, 5.74) is 2.99. The van der Waals surface area contributed by atoms with Crippen molar-refractivity contribution in [2.24, 2.45) is 5.92 Å². The van der Waals surface area contributed by atoms with Crippen LogP contribution in [0.2, 0.25) is 0 Å². The van der Waals surface area contributed by atoms with Crippen LogP contribution in [0.15, 0.2) is 30.9 Å². The maximum absolute atomic E-state index is 12.5. The number of carbonyl (C=O) groups excluding carboxylic acids is 1. The average Bonchev–Trinajstić information content (AvgIpc) is 3.27. The molecule has 0 saturated heterocycles. The highest BCUT2D eigenvalue weighted by atomic mass is 32.1. The van der Waals surface area contributed by atoms with E-state index < -0.39 is 0 Å². The molecule has 4 aromatic heterocycles. The minimum absolute atomic E-state index is 0.164. The molecule has 4 heterocycles. The first-order chi connectivity index (χ1) is 13.2. The fourth-order valence-corrected chi connectivity index (χ4v) is 4.79. The van der Waals surface area contributed by atoms with Crippen molar-refractivity contribution in [2.45, 2.75) is 32.7 Å². The molecular weight excluding hydrogens is 360 g/mol. The molecule has 1 atom stereocenters. The van der Waals surface area contributed by atoms with Crippen molar-refractivity contribution in [3.05, 3.63) is 52.7 Å². The van der Waals surface area contributed by atoms with Gasteiger partial charge in [-0.2, -0.15) is 0 Å². The number of hydrogen-bond acceptors (Lipinski definition) is 6. The van der Waals surface area contributed by atoms with Crippen molar-refractivity contribution in [2.75, 3.05) is 0 Å². The van der Waals surface area contributed by atoms with Crippen LogP contribution in [-0.4, -0.2) is 30.5 Å². The van der Waals surface area contributed by atoms with Gasteiger partial charge in [0.15, 0.2) is 5.65 Å². The zero-order valence-electron chi connectivity index (χ0n) is 14.8. The van der Waals surface area contributed by atoms with E-state index in [0.29, 0.717) is 12.5 Å². The highest BCUT2D eigenvalue weighted by molar-refractivity contribution is 7.19. The van der Waals surface area contributed by atoms with Crippen LogP contribution >= 0.6 is 11.3 Å². The average molecular weight is 378 g/mol. The monoisotopic (exact) mass is 378 g/mol. The molecule has 1 N–H and O–H groups in total. The zero-order chi connectivity index (χ0) is 18.4. The molecule has 27 heavy (non-hydrogen) atoms. The Kier molecular flexibility index (Phi) is 3.86. The van der Waals surface area contributed by atoms with Crippen LogP contribution in [0.3, 0.4) is 0 Å². The summed E-state index contributed by atoms with van der Waals surface area (Å²) in [6.07, 6.45) is 8.42.